The largest absolute Gasteiger partial charge is 0.484 e. The Bertz CT molecular complexity index is 385. The molecule has 0 fully saturated rings. The number of aliphatic hydroxyl groups is 1. The summed E-state index contributed by atoms with van der Waals surface area (Å²) in [5, 5.41) is 11.7. The lowest BCUT2D eigenvalue weighted by Crippen LogP contribution is -2.41. The van der Waals surface area contributed by atoms with Crippen molar-refractivity contribution in [3.8, 4) is 5.75 Å². The average Bonchev–Trinajstić information content (AvgIpc) is 2.46. The minimum atomic E-state index is -0.222. The Morgan fingerprint density at radius 3 is 2.60 bits per heavy atom. The van der Waals surface area contributed by atoms with Gasteiger partial charge in [-0.1, -0.05) is 19.1 Å². The molecule has 1 unspecified atom stereocenters. The Kier molecular flexibility index (Phi) is 7.69. The number of aliphatic hydroxyl groups excluding tert-OH is 1. The number of carbonyl (C=O) groups is 1. The molecule has 20 heavy (non-hydrogen) atoms. The van der Waals surface area contributed by atoms with E-state index in [9.17, 15) is 4.79 Å². The molecule has 1 aromatic rings. The Morgan fingerprint density at radius 1 is 1.35 bits per heavy atom. The van der Waals surface area contributed by atoms with Crippen LogP contribution in [-0.4, -0.2) is 44.0 Å². The lowest BCUT2D eigenvalue weighted by Gasteiger charge is -2.17. The monoisotopic (exact) mass is 281 g/mol. The summed E-state index contributed by atoms with van der Waals surface area (Å²) in [5.41, 5.74) is 1.23. The molecule has 1 atom stereocenters. The molecular formula is C15H23NO4. The molecule has 0 bridgehead atoms. The van der Waals surface area contributed by atoms with E-state index in [2.05, 4.69) is 12.2 Å². The summed E-state index contributed by atoms with van der Waals surface area (Å²) < 4.78 is 10.4. The number of rotatable bonds is 9. The van der Waals surface area contributed by atoms with Crippen molar-refractivity contribution in [3.05, 3.63) is 29.8 Å². The number of benzene rings is 1. The van der Waals surface area contributed by atoms with Crippen LogP contribution >= 0.6 is 0 Å². The predicted octanol–water partition coefficient (Wildman–Crippen LogP) is 1.14. The molecule has 0 aliphatic heterocycles. The number of hydrogen-bond donors (Lipinski definition) is 2. The fourth-order valence-electron chi connectivity index (χ4n) is 1.79. The van der Waals surface area contributed by atoms with Crippen LogP contribution in [0.4, 0.5) is 0 Å². The molecular weight excluding hydrogens is 258 g/mol. The molecule has 0 aromatic heterocycles. The van der Waals surface area contributed by atoms with E-state index in [0.717, 1.165) is 6.42 Å². The summed E-state index contributed by atoms with van der Waals surface area (Å²) in [6.45, 7) is 2.42. The third-order valence-corrected chi connectivity index (χ3v) is 2.91. The molecule has 5 nitrogen and oxygen atoms in total. The third-order valence-electron chi connectivity index (χ3n) is 2.91. The zero-order valence-electron chi connectivity index (χ0n) is 12.1. The van der Waals surface area contributed by atoms with Gasteiger partial charge in [-0.15, -0.1) is 0 Å². The zero-order chi connectivity index (χ0) is 14.8. The second-order valence-electron chi connectivity index (χ2n) is 4.52. The van der Waals surface area contributed by atoms with Crippen molar-refractivity contribution < 1.29 is 19.4 Å². The van der Waals surface area contributed by atoms with Crippen molar-refractivity contribution in [1.82, 2.24) is 5.32 Å². The number of nitrogens with one attached hydrogen (secondary N) is 1. The second kappa shape index (κ2) is 9.34. The fourth-order valence-corrected chi connectivity index (χ4v) is 1.79. The van der Waals surface area contributed by atoms with Gasteiger partial charge in [0, 0.05) is 13.7 Å². The van der Waals surface area contributed by atoms with E-state index in [0.29, 0.717) is 18.8 Å². The molecule has 1 aromatic carbocycles. The minimum Gasteiger partial charge on any atom is -0.484 e. The van der Waals surface area contributed by atoms with Crippen molar-refractivity contribution in [3.63, 3.8) is 0 Å². The molecule has 1 amide bonds. The molecule has 1 rings (SSSR count). The van der Waals surface area contributed by atoms with Crippen LogP contribution in [0, 0.1) is 0 Å². The highest BCUT2D eigenvalue weighted by atomic mass is 16.5. The van der Waals surface area contributed by atoms with Crippen molar-refractivity contribution in [2.24, 2.45) is 0 Å². The summed E-state index contributed by atoms with van der Waals surface area (Å²) >= 11 is 0. The second-order valence-corrected chi connectivity index (χ2v) is 4.52. The van der Waals surface area contributed by atoms with E-state index in [1.807, 2.05) is 24.3 Å². The molecule has 2 N–H and O–H groups in total. The van der Waals surface area contributed by atoms with Crippen LogP contribution in [0.15, 0.2) is 24.3 Å². The Balaban J connectivity index is 2.37. The maximum absolute atomic E-state index is 11.7. The van der Waals surface area contributed by atoms with Crippen LogP contribution in [0.3, 0.4) is 0 Å². The van der Waals surface area contributed by atoms with E-state index in [1.54, 1.807) is 7.11 Å². The van der Waals surface area contributed by atoms with Gasteiger partial charge in [0.2, 0.25) is 0 Å². The van der Waals surface area contributed by atoms with E-state index in [-0.39, 0.29) is 25.2 Å². The first-order chi connectivity index (χ1) is 9.69. The van der Waals surface area contributed by atoms with Crippen LogP contribution in [0.5, 0.6) is 5.75 Å². The van der Waals surface area contributed by atoms with Crippen LogP contribution in [-0.2, 0) is 16.0 Å². The normalized spacial score (nSPS) is 11.9. The lowest BCUT2D eigenvalue weighted by molar-refractivity contribution is -0.124. The predicted molar refractivity (Wildman–Crippen MR) is 76.8 cm³/mol. The van der Waals surface area contributed by atoms with E-state index in [1.165, 1.54) is 5.56 Å². The molecule has 0 saturated heterocycles. The zero-order valence-corrected chi connectivity index (χ0v) is 12.1. The summed E-state index contributed by atoms with van der Waals surface area (Å²) in [6.07, 6.45) is 1.44. The molecule has 5 heteroatoms. The smallest absolute Gasteiger partial charge is 0.258 e. The van der Waals surface area contributed by atoms with Gasteiger partial charge in [-0.25, -0.2) is 0 Å². The maximum atomic E-state index is 11.7. The van der Waals surface area contributed by atoms with Crippen LogP contribution in [0.2, 0.25) is 0 Å². The first-order valence-electron chi connectivity index (χ1n) is 6.80. The molecule has 0 aliphatic rings. The first-order valence-corrected chi connectivity index (χ1v) is 6.80. The number of carbonyl (C=O) groups excluding carboxylic acids is 1. The summed E-state index contributed by atoms with van der Waals surface area (Å²) in [7, 11) is 1.56. The van der Waals surface area contributed by atoms with Crippen LogP contribution in [0.1, 0.15) is 18.9 Å². The van der Waals surface area contributed by atoms with Gasteiger partial charge in [0.15, 0.2) is 6.61 Å². The van der Waals surface area contributed by atoms with Gasteiger partial charge in [0.25, 0.3) is 5.91 Å². The number of aryl methyl sites for hydroxylation is 1. The molecule has 0 aliphatic carbocycles. The first kappa shape index (κ1) is 16.5. The highest BCUT2D eigenvalue weighted by molar-refractivity contribution is 5.77. The van der Waals surface area contributed by atoms with E-state index < -0.39 is 0 Å². The van der Waals surface area contributed by atoms with Crippen molar-refractivity contribution in [1.29, 1.82) is 0 Å². The van der Waals surface area contributed by atoms with Gasteiger partial charge in [0.1, 0.15) is 5.75 Å². The van der Waals surface area contributed by atoms with Gasteiger partial charge in [-0.3, -0.25) is 4.79 Å². The van der Waals surface area contributed by atoms with Gasteiger partial charge in [-0.05, 0) is 30.5 Å². The minimum absolute atomic E-state index is 0.00758. The third kappa shape index (κ3) is 6.04. The Morgan fingerprint density at radius 2 is 2.05 bits per heavy atom. The SMILES string of the molecule is CCc1ccc(OCC(=O)NC(CCO)COC)cc1. The number of ether oxygens (including phenoxy) is 2. The van der Waals surface area contributed by atoms with Gasteiger partial charge < -0.3 is 19.9 Å². The van der Waals surface area contributed by atoms with Gasteiger partial charge in [0.05, 0.1) is 12.6 Å². The molecule has 0 radical (unpaired) electrons. The summed E-state index contributed by atoms with van der Waals surface area (Å²) in [5.74, 6) is 0.447. The lowest BCUT2D eigenvalue weighted by atomic mass is 10.2. The van der Waals surface area contributed by atoms with Crippen LogP contribution in [0.25, 0.3) is 0 Å². The maximum Gasteiger partial charge on any atom is 0.258 e. The Labute approximate surface area is 119 Å². The Hall–Kier alpha value is -1.59. The quantitative estimate of drug-likeness (QED) is 0.712. The van der Waals surface area contributed by atoms with Gasteiger partial charge >= 0.3 is 0 Å². The summed E-state index contributed by atoms with van der Waals surface area (Å²) in [4.78, 5) is 11.7. The standard InChI is InChI=1S/C15H23NO4/c1-3-12-4-6-14(7-5-12)20-11-15(18)16-13(8-9-17)10-19-2/h4-7,13,17H,3,8-11H2,1-2H3,(H,16,18). The molecule has 0 spiro atoms. The van der Waals surface area contributed by atoms with Crippen LogP contribution < -0.4 is 10.1 Å². The van der Waals surface area contributed by atoms with E-state index >= 15 is 0 Å². The van der Waals surface area contributed by atoms with Crippen molar-refractivity contribution in [2.75, 3.05) is 26.9 Å². The summed E-state index contributed by atoms with van der Waals surface area (Å²) in [6, 6.07) is 7.47. The van der Waals surface area contributed by atoms with Crippen molar-refractivity contribution >= 4 is 5.91 Å². The van der Waals surface area contributed by atoms with Gasteiger partial charge in [-0.2, -0.15) is 0 Å². The van der Waals surface area contributed by atoms with Crippen molar-refractivity contribution in [2.45, 2.75) is 25.8 Å². The fraction of sp³-hybridized carbons (Fsp3) is 0.533. The topological polar surface area (TPSA) is 67.8 Å². The number of amides is 1. The molecule has 0 saturated carbocycles. The number of methoxy groups -OCH3 is 1. The average molecular weight is 281 g/mol. The molecule has 112 valence electrons. The highest BCUT2D eigenvalue weighted by Crippen LogP contribution is 2.12. The highest BCUT2D eigenvalue weighted by Gasteiger charge is 2.12. The number of hydrogen-bond acceptors (Lipinski definition) is 4. The molecule has 0 heterocycles. The van der Waals surface area contributed by atoms with E-state index in [4.69, 9.17) is 14.6 Å².